The third-order valence-electron chi connectivity index (χ3n) is 7.61. The molecule has 37 heavy (non-hydrogen) atoms. The molecular weight excluding hydrogens is 476 g/mol. The number of hydrogen-bond donors (Lipinski definition) is 2. The summed E-state index contributed by atoms with van der Waals surface area (Å²) in [5, 5.41) is 21.7. The van der Waals surface area contributed by atoms with Crippen molar-refractivity contribution in [3.63, 3.8) is 0 Å². The van der Waals surface area contributed by atoms with Gasteiger partial charge in [0.1, 0.15) is 11.9 Å². The summed E-state index contributed by atoms with van der Waals surface area (Å²) in [5.74, 6) is -3.56. The van der Waals surface area contributed by atoms with Gasteiger partial charge in [-0.25, -0.2) is 4.79 Å². The van der Waals surface area contributed by atoms with E-state index in [1.165, 1.54) is 19.9 Å². The van der Waals surface area contributed by atoms with Crippen molar-refractivity contribution in [2.24, 2.45) is 17.3 Å². The molecule has 8 nitrogen and oxygen atoms in total. The number of rotatable bonds is 3. The Kier molecular flexibility index (Phi) is 8.24. The smallest absolute Gasteiger partial charge is 0.338 e. The Morgan fingerprint density at radius 2 is 1.65 bits per heavy atom. The number of carbonyl (C=O) groups is 4. The molecule has 0 radical (unpaired) electrons. The molecule has 2 N–H and O–H groups in total. The van der Waals surface area contributed by atoms with Gasteiger partial charge in [-0.15, -0.1) is 0 Å². The molecular formula is C29H36O8. The minimum Gasteiger partial charge on any atom is -0.458 e. The summed E-state index contributed by atoms with van der Waals surface area (Å²) >= 11 is 0. The number of aliphatic hydroxyl groups excluding tert-OH is 2. The van der Waals surface area contributed by atoms with E-state index in [0.717, 1.165) is 0 Å². The van der Waals surface area contributed by atoms with E-state index < -0.39 is 58.9 Å². The third-order valence-corrected chi connectivity index (χ3v) is 7.61. The summed E-state index contributed by atoms with van der Waals surface area (Å²) in [4.78, 5) is 52.3. The first-order valence-electron chi connectivity index (χ1n) is 12.5. The SMILES string of the molecule is CC(=O)O[C@@]12C[C@@H](C)[C@H](OC(=O)c3ccccc3)[C@@H]1C=C(C)[C@H](O)CC(=O)C(C)(C)[C@@H](O)C=C(C)C2=O. The largest absolute Gasteiger partial charge is 0.458 e. The molecule has 0 bridgehead atoms. The molecule has 2 aliphatic carbocycles. The molecule has 1 aromatic carbocycles. The highest BCUT2D eigenvalue weighted by atomic mass is 16.6. The van der Waals surface area contributed by atoms with Gasteiger partial charge >= 0.3 is 11.9 Å². The van der Waals surface area contributed by atoms with Crippen LogP contribution in [-0.4, -0.2) is 57.6 Å². The highest BCUT2D eigenvalue weighted by Gasteiger charge is 2.60. The first-order chi connectivity index (χ1) is 17.2. The second kappa shape index (κ2) is 10.7. The van der Waals surface area contributed by atoms with Crippen LogP contribution in [0.3, 0.4) is 0 Å². The van der Waals surface area contributed by atoms with Gasteiger partial charge in [-0.3, -0.25) is 14.4 Å². The lowest BCUT2D eigenvalue weighted by Gasteiger charge is -2.36. The van der Waals surface area contributed by atoms with Gasteiger partial charge in [0.25, 0.3) is 0 Å². The summed E-state index contributed by atoms with van der Waals surface area (Å²) in [7, 11) is 0. The Labute approximate surface area is 217 Å². The summed E-state index contributed by atoms with van der Waals surface area (Å²) in [6.45, 7) is 9.20. The van der Waals surface area contributed by atoms with Crippen LogP contribution in [0.15, 0.2) is 53.6 Å². The normalized spacial score (nSPS) is 32.3. The van der Waals surface area contributed by atoms with E-state index in [-0.39, 0.29) is 24.2 Å². The number of Topliss-reactive ketones (excluding diaryl/α,β-unsaturated/α-hetero) is 2. The fourth-order valence-corrected chi connectivity index (χ4v) is 5.20. The van der Waals surface area contributed by atoms with E-state index in [4.69, 9.17) is 9.47 Å². The van der Waals surface area contributed by atoms with Crippen LogP contribution in [-0.2, 0) is 23.9 Å². The Bertz CT molecular complexity index is 1130. The van der Waals surface area contributed by atoms with Crippen LogP contribution in [0.5, 0.6) is 0 Å². The van der Waals surface area contributed by atoms with Gasteiger partial charge in [-0.1, -0.05) is 45.0 Å². The van der Waals surface area contributed by atoms with Crippen LogP contribution in [0.25, 0.3) is 0 Å². The molecule has 0 heterocycles. The molecule has 8 heteroatoms. The lowest BCUT2D eigenvalue weighted by molar-refractivity contribution is -0.168. The zero-order chi connectivity index (χ0) is 27.7. The van der Waals surface area contributed by atoms with E-state index in [9.17, 15) is 29.4 Å². The molecule has 0 aromatic heterocycles. The maximum atomic E-state index is 14.0. The first-order valence-corrected chi connectivity index (χ1v) is 12.5. The van der Waals surface area contributed by atoms with Crippen molar-refractivity contribution >= 4 is 23.5 Å². The average molecular weight is 513 g/mol. The van der Waals surface area contributed by atoms with Crippen LogP contribution in [0.4, 0.5) is 0 Å². The standard InChI is InChI=1S/C29H36O8/c1-16-12-21-25(36-27(35)20-10-8-7-9-11-20)18(3)15-29(21,37-19(4)30)26(34)17(2)13-23(32)28(5,6)24(33)14-22(16)31/h7-13,18,21-23,25,31-32H,14-15H2,1-6H3/t18-,21+,22-,23+,25+,29+/m1/s1. The molecule has 0 aliphatic heterocycles. The molecule has 1 saturated carbocycles. The molecule has 1 fully saturated rings. The van der Waals surface area contributed by atoms with Crippen molar-refractivity contribution in [3.05, 3.63) is 59.2 Å². The Morgan fingerprint density at radius 1 is 1.03 bits per heavy atom. The van der Waals surface area contributed by atoms with Gasteiger partial charge in [0, 0.05) is 19.8 Å². The minimum atomic E-state index is -1.73. The van der Waals surface area contributed by atoms with Gasteiger partial charge in [-0.05, 0) is 49.1 Å². The molecule has 6 atom stereocenters. The van der Waals surface area contributed by atoms with Gasteiger partial charge in [0.05, 0.1) is 29.1 Å². The minimum absolute atomic E-state index is 0.0618. The highest BCUT2D eigenvalue weighted by Crippen LogP contribution is 2.48. The monoisotopic (exact) mass is 512 g/mol. The number of esters is 2. The molecule has 0 saturated heterocycles. The Morgan fingerprint density at radius 3 is 2.24 bits per heavy atom. The zero-order valence-corrected chi connectivity index (χ0v) is 22.2. The predicted octanol–water partition coefficient (Wildman–Crippen LogP) is 3.35. The predicted molar refractivity (Wildman–Crippen MR) is 135 cm³/mol. The van der Waals surface area contributed by atoms with Gasteiger partial charge < -0.3 is 19.7 Å². The maximum absolute atomic E-state index is 14.0. The van der Waals surface area contributed by atoms with Crippen LogP contribution in [0, 0.1) is 17.3 Å². The van der Waals surface area contributed by atoms with E-state index in [1.54, 1.807) is 64.1 Å². The third kappa shape index (κ3) is 5.60. The molecule has 200 valence electrons. The number of ketones is 2. The van der Waals surface area contributed by atoms with Crippen LogP contribution < -0.4 is 0 Å². The molecule has 1 aromatic rings. The molecule has 0 unspecified atom stereocenters. The number of benzene rings is 1. The number of aliphatic hydroxyl groups is 2. The van der Waals surface area contributed by atoms with Gasteiger partial charge in [0.2, 0.25) is 5.78 Å². The second-order valence-electron chi connectivity index (χ2n) is 10.8. The Hall–Kier alpha value is -3.10. The summed E-state index contributed by atoms with van der Waals surface area (Å²) in [6, 6.07) is 8.40. The highest BCUT2D eigenvalue weighted by molar-refractivity contribution is 6.03. The fraction of sp³-hybridized carbons (Fsp3) is 0.517. The van der Waals surface area contributed by atoms with E-state index >= 15 is 0 Å². The average Bonchev–Trinajstić information content (AvgIpc) is 3.08. The van der Waals surface area contributed by atoms with Crippen molar-refractivity contribution < 1.29 is 38.9 Å². The quantitative estimate of drug-likeness (QED) is 0.466. The number of hydrogen-bond acceptors (Lipinski definition) is 8. The van der Waals surface area contributed by atoms with Crippen molar-refractivity contribution in [1.29, 1.82) is 0 Å². The fourth-order valence-electron chi connectivity index (χ4n) is 5.20. The van der Waals surface area contributed by atoms with Crippen LogP contribution in [0.1, 0.15) is 64.7 Å². The van der Waals surface area contributed by atoms with E-state index in [2.05, 4.69) is 0 Å². The van der Waals surface area contributed by atoms with Crippen LogP contribution >= 0.6 is 0 Å². The van der Waals surface area contributed by atoms with E-state index in [1.807, 2.05) is 0 Å². The second-order valence-corrected chi connectivity index (χ2v) is 10.8. The van der Waals surface area contributed by atoms with Crippen LogP contribution in [0.2, 0.25) is 0 Å². The maximum Gasteiger partial charge on any atom is 0.338 e. The first kappa shape index (κ1) is 28.5. The molecule has 0 amide bonds. The molecule has 3 rings (SSSR count). The summed E-state index contributed by atoms with van der Waals surface area (Å²) < 4.78 is 11.7. The van der Waals surface area contributed by atoms with Crippen molar-refractivity contribution in [2.45, 2.75) is 78.3 Å². The van der Waals surface area contributed by atoms with Gasteiger partial charge in [-0.2, -0.15) is 0 Å². The number of ether oxygens (including phenoxy) is 2. The lowest BCUT2D eigenvalue weighted by atomic mass is 9.75. The number of carbonyl (C=O) groups excluding carboxylic acids is 4. The van der Waals surface area contributed by atoms with E-state index in [0.29, 0.717) is 11.1 Å². The number of fused-ring (bicyclic) bond motifs is 1. The summed E-state index contributed by atoms with van der Waals surface area (Å²) in [6.07, 6.45) is -0.722. The van der Waals surface area contributed by atoms with Crippen molar-refractivity contribution in [1.82, 2.24) is 0 Å². The molecule has 0 spiro atoms. The van der Waals surface area contributed by atoms with Crippen molar-refractivity contribution in [2.75, 3.05) is 0 Å². The zero-order valence-electron chi connectivity index (χ0n) is 22.2. The van der Waals surface area contributed by atoms with Crippen molar-refractivity contribution in [3.8, 4) is 0 Å². The Balaban J connectivity index is 2.19. The topological polar surface area (TPSA) is 127 Å². The molecule has 2 aliphatic rings. The lowest BCUT2D eigenvalue weighted by Crippen LogP contribution is -2.49. The summed E-state index contributed by atoms with van der Waals surface area (Å²) in [5.41, 5.74) is -2.19. The van der Waals surface area contributed by atoms with Gasteiger partial charge in [0.15, 0.2) is 5.60 Å².